The van der Waals surface area contributed by atoms with E-state index in [9.17, 15) is 4.79 Å². The summed E-state index contributed by atoms with van der Waals surface area (Å²) < 4.78 is 11.4. The molecule has 5 heteroatoms. The van der Waals surface area contributed by atoms with Crippen LogP contribution in [0.4, 0.5) is 0 Å². The lowest BCUT2D eigenvalue weighted by Gasteiger charge is -2.25. The molecule has 5 rings (SSSR count). The topological polar surface area (TPSA) is 42.7 Å². The minimum atomic E-state index is -0.256. The summed E-state index contributed by atoms with van der Waals surface area (Å²) in [5, 5.41) is 3.21. The molecule has 1 saturated heterocycles. The number of fused-ring (bicyclic) bond motifs is 2. The second-order valence-corrected chi connectivity index (χ2v) is 8.98. The molecule has 0 amide bonds. The van der Waals surface area contributed by atoms with Gasteiger partial charge in [-0.25, -0.2) is 4.79 Å². The standard InChI is InChI=1S/C23H25NO3S/c25-23-12-18(21-10-16-4-1-5-17(16)11-22(21)27-23)13-24(14-19-6-2-8-26-19)15-20-7-3-9-28-20/h3,7,9-12,19H,1-2,4-6,8,13-15H2. The van der Waals surface area contributed by atoms with E-state index in [1.165, 1.54) is 22.4 Å². The number of hydrogen-bond donors (Lipinski definition) is 0. The molecule has 0 spiro atoms. The van der Waals surface area contributed by atoms with Crippen molar-refractivity contribution >= 4 is 22.3 Å². The van der Waals surface area contributed by atoms with Crippen molar-refractivity contribution in [3.63, 3.8) is 0 Å². The third kappa shape index (κ3) is 3.79. The first-order valence-corrected chi connectivity index (χ1v) is 11.1. The summed E-state index contributed by atoms with van der Waals surface area (Å²) in [7, 11) is 0. The molecule has 0 radical (unpaired) electrons. The lowest BCUT2D eigenvalue weighted by Crippen LogP contribution is -2.31. The zero-order valence-electron chi connectivity index (χ0n) is 16.0. The van der Waals surface area contributed by atoms with Gasteiger partial charge in [-0.15, -0.1) is 11.3 Å². The molecule has 1 atom stereocenters. The highest BCUT2D eigenvalue weighted by molar-refractivity contribution is 7.09. The average Bonchev–Trinajstić information content (AvgIpc) is 3.42. The highest BCUT2D eigenvalue weighted by Crippen LogP contribution is 2.29. The van der Waals surface area contributed by atoms with Crippen LogP contribution in [0.2, 0.25) is 0 Å². The Labute approximate surface area is 168 Å². The van der Waals surface area contributed by atoms with Crippen molar-refractivity contribution in [3.8, 4) is 0 Å². The van der Waals surface area contributed by atoms with E-state index < -0.39 is 0 Å². The maximum Gasteiger partial charge on any atom is 0.336 e. The molecule has 2 aromatic heterocycles. The fraction of sp³-hybridized carbons (Fsp3) is 0.435. The van der Waals surface area contributed by atoms with Gasteiger partial charge in [0.05, 0.1) is 6.10 Å². The number of nitrogens with zero attached hydrogens (tertiary/aromatic N) is 1. The van der Waals surface area contributed by atoms with Crippen LogP contribution in [0.15, 0.2) is 44.9 Å². The van der Waals surface area contributed by atoms with Crippen LogP contribution in [0, 0.1) is 0 Å². The zero-order chi connectivity index (χ0) is 18.9. The van der Waals surface area contributed by atoms with Crippen molar-refractivity contribution in [2.45, 2.75) is 51.3 Å². The fourth-order valence-electron chi connectivity index (χ4n) is 4.55. The number of aryl methyl sites for hydroxylation is 2. The molecule has 3 heterocycles. The SMILES string of the molecule is O=c1cc(CN(Cc2cccs2)CC2CCCO2)c2cc3c(cc2o1)CCC3. The van der Waals surface area contributed by atoms with E-state index in [1.54, 1.807) is 17.4 Å². The molecule has 1 fully saturated rings. The van der Waals surface area contributed by atoms with E-state index >= 15 is 0 Å². The highest BCUT2D eigenvalue weighted by Gasteiger charge is 2.22. The van der Waals surface area contributed by atoms with Crippen LogP contribution in [0.1, 0.15) is 40.8 Å². The Morgan fingerprint density at radius 3 is 2.79 bits per heavy atom. The lowest BCUT2D eigenvalue weighted by atomic mass is 10.0. The molecular weight excluding hydrogens is 370 g/mol. The van der Waals surface area contributed by atoms with Gasteiger partial charge in [-0.3, -0.25) is 4.90 Å². The van der Waals surface area contributed by atoms with E-state index in [2.05, 4.69) is 34.5 Å². The molecule has 1 aliphatic heterocycles. The predicted octanol–water partition coefficient (Wildman–Crippen LogP) is 4.52. The quantitative estimate of drug-likeness (QED) is 0.576. The van der Waals surface area contributed by atoms with Crippen molar-refractivity contribution in [3.05, 3.63) is 67.7 Å². The molecule has 28 heavy (non-hydrogen) atoms. The van der Waals surface area contributed by atoms with Gasteiger partial charge in [0.15, 0.2) is 0 Å². The van der Waals surface area contributed by atoms with Crippen molar-refractivity contribution in [1.29, 1.82) is 0 Å². The number of rotatable bonds is 6. The minimum absolute atomic E-state index is 0.256. The Morgan fingerprint density at radius 1 is 1.11 bits per heavy atom. The van der Waals surface area contributed by atoms with Gasteiger partial charge in [0.1, 0.15) is 5.58 Å². The fourth-order valence-corrected chi connectivity index (χ4v) is 5.30. The van der Waals surface area contributed by atoms with Gasteiger partial charge >= 0.3 is 5.63 Å². The monoisotopic (exact) mass is 395 g/mol. The van der Waals surface area contributed by atoms with Gasteiger partial charge in [0, 0.05) is 42.6 Å². The Morgan fingerprint density at radius 2 is 2.00 bits per heavy atom. The Hall–Kier alpha value is -1.95. The molecule has 4 nitrogen and oxygen atoms in total. The zero-order valence-corrected chi connectivity index (χ0v) is 16.8. The largest absolute Gasteiger partial charge is 0.423 e. The normalized spacial score (nSPS) is 19.0. The molecule has 1 unspecified atom stereocenters. The van der Waals surface area contributed by atoms with Crippen LogP contribution in [0.5, 0.6) is 0 Å². The van der Waals surface area contributed by atoms with Crippen molar-refractivity contribution in [2.24, 2.45) is 0 Å². The number of ether oxygens (including phenoxy) is 1. The summed E-state index contributed by atoms with van der Waals surface area (Å²) >= 11 is 1.78. The van der Waals surface area contributed by atoms with E-state index in [4.69, 9.17) is 9.15 Å². The Bertz CT molecular complexity index is 1020. The van der Waals surface area contributed by atoms with Crippen molar-refractivity contribution < 1.29 is 9.15 Å². The number of benzene rings is 1. The maximum atomic E-state index is 12.2. The molecule has 3 aromatic rings. The van der Waals surface area contributed by atoms with Gasteiger partial charge in [0.2, 0.25) is 0 Å². The first kappa shape index (κ1) is 18.1. The molecule has 146 valence electrons. The molecule has 1 aliphatic carbocycles. The van der Waals surface area contributed by atoms with Crippen LogP contribution in [0.3, 0.4) is 0 Å². The molecular formula is C23H25NO3S. The van der Waals surface area contributed by atoms with Gasteiger partial charge in [-0.1, -0.05) is 6.07 Å². The van der Waals surface area contributed by atoms with E-state index in [0.29, 0.717) is 0 Å². The molecule has 0 N–H and O–H groups in total. The number of thiophene rings is 1. The van der Waals surface area contributed by atoms with Crippen molar-refractivity contribution in [1.82, 2.24) is 4.90 Å². The third-order valence-corrected chi connectivity index (χ3v) is 6.74. The smallest absolute Gasteiger partial charge is 0.336 e. The molecule has 0 saturated carbocycles. The average molecular weight is 396 g/mol. The molecule has 0 bridgehead atoms. The van der Waals surface area contributed by atoms with Crippen LogP contribution >= 0.6 is 11.3 Å². The predicted molar refractivity (Wildman–Crippen MR) is 112 cm³/mol. The van der Waals surface area contributed by atoms with Crippen LogP contribution < -0.4 is 5.63 Å². The van der Waals surface area contributed by atoms with Gasteiger partial charge in [0.25, 0.3) is 0 Å². The summed E-state index contributed by atoms with van der Waals surface area (Å²) in [6.07, 6.45) is 5.94. The first-order valence-electron chi connectivity index (χ1n) is 10.2. The van der Waals surface area contributed by atoms with E-state index in [0.717, 1.165) is 68.5 Å². The van der Waals surface area contributed by atoms with E-state index in [-0.39, 0.29) is 11.7 Å². The maximum absolute atomic E-state index is 12.2. The number of hydrogen-bond acceptors (Lipinski definition) is 5. The van der Waals surface area contributed by atoms with Crippen LogP contribution in [-0.2, 0) is 30.7 Å². The second kappa shape index (κ2) is 7.82. The summed E-state index contributed by atoms with van der Waals surface area (Å²) in [6, 6.07) is 10.3. The highest BCUT2D eigenvalue weighted by atomic mass is 32.1. The molecule has 2 aliphatic rings. The Kier molecular flexibility index (Phi) is 5.05. The minimum Gasteiger partial charge on any atom is -0.423 e. The van der Waals surface area contributed by atoms with Gasteiger partial charge in [-0.05, 0) is 72.4 Å². The van der Waals surface area contributed by atoms with Crippen molar-refractivity contribution in [2.75, 3.05) is 13.2 Å². The second-order valence-electron chi connectivity index (χ2n) is 7.95. The van der Waals surface area contributed by atoms with Gasteiger partial charge in [-0.2, -0.15) is 0 Å². The first-order chi connectivity index (χ1) is 13.7. The van der Waals surface area contributed by atoms with E-state index in [1.807, 2.05) is 0 Å². The summed E-state index contributed by atoms with van der Waals surface area (Å²) in [5.41, 5.74) is 4.29. The van der Waals surface area contributed by atoms with Crippen LogP contribution in [-0.4, -0.2) is 24.2 Å². The third-order valence-electron chi connectivity index (χ3n) is 5.88. The van der Waals surface area contributed by atoms with Gasteiger partial charge < -0.3 is 9.15 Å². The Balaban J connectivity index is 1.48. The molecule has 1 aromatic carbocycles. The summed E-state index contributed by atoms with van der Waals surface area (Å²) in [5.74, 6) is 0. The summed E-state index contributed by atoms with van der Waals surface area (Å²) in [6.45, 7) is 3.37. The summed E-state index contributed by atoms with van der Waals surface area (Å²) in [4.78, 5) is 16.0. The lowest BCUT2D eigenvalue weighted by molar-refractivity contribution is 0.0683. The van der Waals surface area contributed by atoms with Crippen LogP contribution in [0.25, 0.3) is 11.0 Å².